The number of hydrogen-bond donors (Lipinski definition) is 3. The van der Waals surface area contributed by atoms with E-state index in [2.05, 4.69) is 5.32 Å². The second kappa shape index (κ2) is 5.55. The maximum atomic E-state index is 12.3. The van der Waals surface area contributed by atoms with Crippen LogP contribution in [0, 0.1) is 0 Å². The molecule has 0 atom stereocenters. The minimum absolute atomic E-state index is 0.150. The van der Waals surface area contributed by atoms with Crippen molar-refractivity contribution < 1.29 is 4.79 Å². The fourth-order valence-electron chi connectivity index (χ4n) is 2.11. The van der Waals surface area contributed by atoms with Crippen molar-refractivity contribution in [3.8, 4) is 0 Å². The lowest BCUT2D eigenvalue weighted by Gasteiger charge is -2.05. The summed E-state index contributed by atoms with van der Waals surface area (Å²) in [5, 5.41) is 3.88. The van der Waals surface area contributed by atoms with E-state index in [9.17, 15) is 4.79 Å². The molecule has 0 aliphatic rings. The van der Waals surface area contributed by atoms with Gasteiger partial charge in [-0.05, 0) is 35.2 Å². The van der Waals surface area contributed by atoms with Gasteiger partial charge in [0.2, 0.25) is 0 Å². The smallest absolute Gasteiger partial charge is 0.265 e. The standard InChI is InChI=1S/C16H15N3OS/c17-9-10-5-6-11-8-15(21-14(11)7-10)16(20)19-13-4-2-1-3-12(13)18/h1-8H,9,17-18H2,(H,19,20). The minimum Gasteiger partial charge on any atom is -0.397 e. The van der Waals surface area contributed by atoms with Gasteiger partial charge in [0.1, 0.15) is 0 Å². The number of nitrogens with one attached hydrogen (secondary N) is 1. The number of carbonyl (C=O) groups excluding carboxylic acids is 1. The van der Waals surface area contributed by atoms with Gasteiger partial charge in [0.05, 0.1) is 16.3 Å². The van der Waals surface area contributed by atoms with E-state index in [0.717, 1.165) is 15.6 Å². The van der Waals surface area contributed by atoms with Crippen molar-refractivity contribution >= 4 is 38.7 Å². The van der Waals surface area contributed by atoms with Crippen molar-refractivity contribution in [3.05, 3.63) is 59.0 Å². The van der Waals surface area contributed by atoms with Gasteiger partial charge in [0.25, 0.3) is 5.91 Å². The number of benzene rings is 2. The van der Waals surface area contributed by atoms with Gasteiger partial charge in [-0.2, -0.15) is 0 Å². The molecule has 5 heteroatoms. The molecule has 0 bridgehead atoms. The molecule has 4 nitrogen and oxygen atoms in total. The summed E-state index contributed by atoms with van der Waals surface area (Å²) in [7, 11) is 0. The van der Waals surface area contributed by atoms with Gasteiger partial charge in [-0.1, -0.05) is 24.3 Å². The normalized spacial score (nSPS) is 10.7. The number of hydrogen-bond acceptors (Lipinski definition) is 4. The molecule has 3 rings (SSSR count). The molecule has 3 aromatic rings. The van der Waals surface area contributed by atoms with Crippen LogP contribution in [0.1, 0.15) is 15.2 Å². The van der Waals surface area contributed by atoms with Gasteiger partial charge in [-0.3, -0.25) is 4.79 Å². The Hall–Kier alpha value is -2.37. The minimum atomic E-state index is -0.150. The largest absolute Gasteiger partial charge is 0.397 e. The summed E-state index contributed by atoms with van der Waals surface area (Å²) < 4.78 is 1.06. The van der Waals surface area contributed by atoms with E-state index in [1.807, 2.05) is 36.4 Å². The van der Waals surface area contributed by atoms with Crippen LogP contribution in [0.25, 0.3) is 10.1 Å². The highest BCUT2D eigenvalue weighted by Crippen LogP contribution is 2.28. The van der Waals surface area contributed by atoms with Crippen LogP contribution in [0.15, 0.2) is 48.5 Å². The summed E-state index contributed by atoms with van der Waals surface area (Å²) in [6, 6.07) is 15.1. The predicted molar refractivity (Wildman–Crippen MR) is 88.5 cm³/mol. The van der Waals surface area contributed by atoms with Gasteiger partial charge in [-0.25, -0.2) is 0 Å². The SMILES string of the molecule is NCc1ccc2cc(C(=O)Nc3ccccc3N)sc2c1. The number of para-hydroxylation sites is 2. The van der Waals surface area contributed by atoms with Crippen molar-refractivity contribution in [3.63, 3.8) is 0 Å². The average Bonchev–Trinajstić information content (AvgIpc) is 2.92. The van der Waals surface area contributed by atoms with Gasteiger partial charge in [0, 0.05) is 11.2 Å². The van der Waals surface area contributed by atoms with E-state index >= 15 is 0 Å². The maximum Gasteiger partial charge on any atom is 0.265 e. The fourth-order valence-corrected chi connectivity index (χ4v) is 3.13. The molecule has 2 aromatic carbocycles. The molecule has 0 saturated carbocycles. The van der Waals surface area contributed by atoms with Crippen molar-refractivity contribution in [2.45, 2.75) is 6.54 Å². The number of nitrogen functional groups attached to an aromatic ring is 1. The molecular weight excluding hydrogens is 282 g/mol. The van der Waals surface area contributed by atoms with Crippen molar-refractivity contribution in [2.75, 3.05) is 11.1 Å². The molecule has 21 heavy (non-hydrogen) atoms. The highest BCUT2D eigenvalue weighted by atomic mass is 32.1. The Labute approximate surface area is 126 Å². The van der Waals surface area contributed by atoms with Crippen LogP contribution in [0.3, 0.4) is 0 Å². The number of rotatable bonds is 3. The zero-order chi connectivity index (χ0) is 14.8. The molecule has 0 unspecified atom stereocenters. The van der Waals surface area contributed by atoms with E-state index in [0.29, 0.717) is 22.8 Å². The molecule has 0 spiro atoms. The second-order valence-electron chi connectivity index (χ2n) is 4.73. The first-order valence-electron chi connectivity index (χ1n) is 6.56. The number of carbonyl (C=O) groups is 1. The van der Waals surface area contributed by atoms with Gasteiger partial charge in [-0.15, -0.1) is 11.3 Å². The van der Waals surface area contributed by atoms with Crippen LogP contribution >= 0.6 is 11.3 Å². The van der Waals surface area contributed by atoms with Gasteiger partial charge in [0.15, 0.2) is 0 Å². The first-order valence-corrected chi connectivity index (χ1v) is 7.37. The van der Waals surface area contributed by atoms with Crippen LogP contribution < -0.4 is 16.8 Å². The quantitative estimate of drug-likeness (QED) is 0.649. The van der Waals surface area contributed by atoms with E-state index < -0.39 is 0 Å². The molecule has 1 heterocycles. The number of amides is 1. The topological polar surface area (TPSA) is 81.1 Å². The summed E-state index contributed by atoms with van der Waals surface area (Å²) in [5.41, 5.74) is 13.7. The molecule has 1 aromatic heterocycles. The maximum absolute atomic E-state index is 12.3. The van der Waals surface area contributed by atoms with Crippen molar-refractivity contribution in [2.24, 2.45) is 5.73 Å². The lowest BCUT2D eigenvalue weighted by molar-refractivity contribution is 0.103. The van der Waals surface area contributed by atoms with Crippen LogP contribution in [0.4, 0.5) is 11.4 Å². The summed E-state index contributed by atoms with van der Waals surface area (Å²) >= 11 is 1.45. The third kappa shape index (κ3) is 2.74. The fraction of sp³-hybridized carbons (Fsp3) is 0.0625. The first kappa shape index (κ1) is 13.6. The number of nitrogens with two attached hydrogens (primary N) is 2. The summed E-state index contributed by atoms with van der Waals surface area (Å²) in [6.07, 6.45) is 0. The summed E-state index contributed by atoms with van der Waals surface area (Å²) in [4.78, 5) is 13.0. The predicted octanol–water partition coefficient (Wildman–Crippen LogP) is 3.19. The summed E-state index contributed by atoms with van der Waals surface area (Å²) in [5.74, 6) is -0.150. The molecule has 0 fully saturated rings. The van der Waals surface area contributed by atoms with Gasteiger partial charge >= 0.3 is 0 Å². The van der Waals surface area contributed by atoms with Crippen molar-refractivity contribution in [1.29, 1.82) is 0 Å². The lowest BCUT2D eigenvalue weighted by Crippen LogP contribution is -2.11. The molecule has 0 saturated heterocycles. The highest BCUT2D eigenvalue weighted by Gasteiger charge is 2.11. The van der Waals surface area contributed by atoms with E-state index in [-0.39, 0.29) is 5.91 Å². The molecule has 0 aliphatic carbocycles. The number of fused-ring (bicyclic) bond motifs is 1. The average molecular weight is 297 g/mol. The third-order valence-corrected chi connectivity index (χ3v) is 4.35. The Bertz CT molecular complexity index is 810. The second-order valence-corrected chi connectivity index (χ2v) is 5.81. The zero-order valence-corrected chi connectivity index (χ0v) is 12.1. The van der Waals surface area contributed by atoms with Crippen LogP contribution in [0.5, 0.6) is 0 Å². The Kier molecular flexibility index (Phi) is 3.60. The summed E-state index contributed by atoms with van der Waals surface area (Å²) in [6.45, 7) is 0.496. The van der Waals surface area contributed by atoms with Crippen LogP contribution in [-0.4, -0.2) is 5.91 Å². The molecule has 5 N–H and O–H groups in total. The van der Waals surface area contributed by atoms with Gasteiger partial charge < -0.3 is 16.8 Å². The monoisotopic (exact) mass is 297 g/mol. The Morgan fingerprint density at radius 2 is 1.95 bits per heavy atom. The Morgan fingerprint density at radius 3 is 2.71 bits per heavy atom. The van der Waals surface area contributed by atoms with E-state index in [4.69, 9.17) is 11.5 Å². The Morgan fingerprint density at radius 1 is 1.14 bits per heavy atom. The van der Waals surface area contributed by atoms with Crippen LogP contribution in [-0.2, 0) is 6.54 Å². The van der Waals surface area contributed by atoms with E-state index in [1.54, 1.807) is 12.1 Å². The molecule has 0 aliphatic heterocycles. The van der Waals surface area contributed by atoms with E-state index in [1.165, 1.54) is 11.3 Å². The highest BCUT2D eigenvalue weighted by molar-refractivity contribution is 7.20. The van der Waals surface area contributed by atoms with Crippen molar-refractivity contribution in [1.82, 2.24) is 0 Å². The number of thiophene rings is 1. The van der Waals surface area contributed by atoms with Crippen LogP contribution in [0.2, 0.25) is 0 Å². The molecule has 106 valence electrons. The lowest BCUT2D eigenvalue weighted by atomic mass is 10.2. The Balaban J connectivity index is 1.89. The number of anilines is 2. The molecular formula is C16H15N3OS. The first-order chi connectivity index (χ1) is 10.2. The third-order valence-electron chi connectivity index (χ3n) is 3.25. The zero-order valence-electron chi connectivity index (χ0n) is 11.3. The molecule has 0 radical (unpaired) electrons. The molecule has 1 amide bonds.